The quantitative estimate of drug-likeness (QED) is 0.732. The minimum absolute atomic E-state index is 0.213. The maximum atomic E-state index is 11.8. The number of nitrogens with two attached hydrogens (primary N) is 1. The third-order valence-corrected chi connectivity index (χ3v) is 3.09. The van der Waals surface area contributed by atoms with E-state index >= 15 is 0 Å². The van der Waals surface area contributed by atoms with Crippen LogP contribution in [0.3, 0.4) is 0 Å². The minimum atomic E-state index is 0.213. The monoisotopic (exact) mass is 212 g/mol. The number of amides is 1. The van der Waals surface area contributed by atoms with Gasteiger partial charge in [-0.3, -0.25) is 4.79 Å². The predicted molar refractivity (Wildman–Crippen MR) is 57.3 cm³/mol. The highest BCUT2D eigenvalue weighted by Gasteiger charge is 2.35. The van der Waals surface area contributed by atoms with Crippen LogP contribution in [0, 0.1) is 5.92 Å². The zero-order chi connectivity index (χ0) is 10.7. The summed E-state index contributed by atoms with van der Waals surface area (Å²) in [5, 5.41) is 0. The third-order valence-electron chi connectivity index (χ3n) is 3.09. The first-order valence-corrected chi connectivity index (χ1v) is 5.91. The van der Waals surface area contributed by atoms with E-state index in [0.717, 1.165) is 38.8 Å². The average Bonchev–Trinajstić information content (AvgIpc) is 3.09. The lowest BCUT2D eigenvalue weighted by Crippen LogP contribution is -2.44. The van der Waals surface area contributed by atoms with Gasteiger partial charge in [0.25, 0.3) is 0 Å². The number of hydrogen-bond acceptors (Lipinski definition) is 3. The Morgan fingerprint density at radius 3 is 2.87 bits per heavy atom. The van der Waals surface area contributed by atoms with E-state index in [1.807, 2.05) is 4.90 Å². The van der Waals surface area contributed by atoms with Gasteiger partial charge in [0.1, 0.15) is 0 Å². The van der Waals surface area contributed by atoms with Crippen molar-refractivity contribution in [2.45, 2.75) is 31.8 Å². The summed E-state index contributed by atoms with van der Waals surface area (Å²) in [4.78, 5) is 13.8. The van der Waals surface area contributed by atoms with Crippen molar-refractivity contribution in [1.82, 2.24) is 4.90 Å². The van der Waals surface area contributed by atoms with Crippen molar-refractivity contribution >= 4 is 5.91 Å². The van der Waals surface area contributed by atoms with E-state index in [4.69, 9.17) is 10.5 Å². The van der Waals surface area contributed by atoms with Crippen LogP contribution in [-0.4, -0.2) is 43.2 Å². The Hall–Kier alpha value is -0.610. The summed E-state index contributed by atoms with van der Waals surface area (Å²) in [6.07, 6.45) is 4.51. The number of piperidine rings is 1. The Morgan fingerprint density at radius 1 is 1.40 bits per heavy atom. The fourth-order valence-corrected chi connectivity index (χ4v) is 2.10. The summed E-state index contributed by atoms with van der Waals surface area (Å²) in [5.41, 5.74) is 5.39. The van der Waals surface area contributed by atoms with Crippen molar-refractivity contribution < 1.29 is 9.53 Å². The molecule has 15 heavy (non-hydrogen) atoms. The molecule has 1 atom stereocenters. The van der Waals surface area contributed by atoms with E-state index in [0.29, 0.717) is 25.0 Å². The van der Waals surface area contributed by atoms with Gasteiger partial charge in [0.05, 0.1) is 12.7 Å². The van der Waals surface area contributed by atoms with Gasteiger partial charge in [-0.05, 0) is 25.7 Å². The Balaban J connectivity index is 1.78. The van der Waals surface area contributed by atoms with Crippen molar-refractivity contribution in [3.63, 3.8) is 0 Å². The number of rotatable bonds is 4. The Morgan fingerprint density at radius 2 is 2.20 bits per heavy atom. The van der Waals surface area contributed by atoms with Gasteiger partial charge in [0.2, 0.25) is 5.91 Å². The SMILES string of the molecule is NCCOC1CCCN(C(=O)C2CC2)C1. The molecule has 0 spiro atoms. The lowest BCUT2D eigenvalue weighted by Gasteiger charge is -2.32. The van der Waals surface area contributed by atoms with Gasteiger partial charge < -0.3 is 15.4 Å². The molecule has 0 aromatic heterocycles. The standard InChI is InChI=1S/C11H20N2O2/c12-5-7-15-10-2-1-6-13(8-10)11(14)9-3-4-9/h9-10H,1-8,12H2. The van der Waals surface area contributed by atoms with E-state index in [9.17, 15) is 4.79 Å². The third kappa shape index (κ3) is 2.92. The molecular weight excluding hydrogens is 192 g/mol. The van der Waals surface area contributed by atoms with Crippen LogP contribution in [0.2, 0.25) is 0 Å². The Labute approximate surface area is 90.8 Å². The lowest BCUT2D eigenvalue weighted by atomic mass is 10.1. The van der Waals surface area contributed by atoms with Gasteiger partial charge >= 0.3 is 0 Å². The Kier molecular flexibility index (Phi) is 3.59. The second-order valence-electron chi connectivity index (χ2n) is 4.48. The highest BCUT2D eigenvalue weighted by atomic mass is 16.5. The molecular formula is C11H20N2O2. The number of ether oxygens (including phenoxy) is 1. The van der Waals surface area contributed by atoms with Gasteiger partial charge in [-0.25, -0.2) is 0 Å². The summed E-state index contributed by atoms with van der Waals surface area (Å²) in [6.45, 7) is 2.86. The molecule has 4 nitrogen and oxygen atoms in total. The zero-order valence-corrected chi connectivity index (χ0v) is 9.15. The molecule has 1 aliphatic heterocycles. The average molecular weight is 212 g/mol. The molecule has 86 valence electrons. The van der Waals surface area contributed by atoms with Crippen LogP contribution in [0.1, 0.15) is 25.7 Å². The molecule has 2 fully saturated rings. The van der Waals surface area contributed by atoms with Crippen LogP contribution in [-0.2, 0) is 9.53 Å². The molecule has 1 aliphatic carbocycles. The number of carbonyl (C=O) groups is 1. The first kappa shape index (κ1) is 10.9. The molecule has 0 aromatic rings. The molecule has 1 amide bonds. The molecule has 0 aromatic carbocycles. The number of hydrogen-bond donors (Lipinski definition) is 1. The van der Waals surface area contributed by atoms with E-state index in [1.54, 1.807) is 0 Å². The highest BCUT2D eigenvalue weighted by Crippen LogP contribution is 2.32. The zero-order valence-electron chi connectivity index (χ0n) is 9.15. The van der Waals surface area contributed by atoms with Crippen molar-refractivity contribution in [2.24, 2.45) is 11.7 Å². The van der Waals surface area contributed by atoms with Crippen LogP contribution >= 0.6 is 0 Å². The van der Waals surface area contributed by atoms with E-state index in [1.165, 1.54) is 0 Å². The number of nitrogens with zero attached hydrogens (tertiary/aromatic N) is 1. The molecule has 0 radical (unpaired) electrons. The summed E-state index contributed by atoms with van der Waals surface area (Å²) in [5.74, 6) is 0.675. The van der Waals surface area contributed by atoms with Crippen molar-refractivity contribution in [1.29, 1.82) is 0 Å². The molecule has 4 heteroatoms. The van der Waals surface area contributed by atoms with Crippen molar-refractivity contribution in [3.8, 4) is 0 Å². The first-order valence-electron chi connectivity index (χ1n) is 5.91. The fraction of sp³-hybridized carbons (Fsp3) is 0.909. The van der Waals surface area contributed by atoms with Crippen LogP contribution in [0.4, 0.5) is 0 Å². The van der Waals surface area contributed by atoms with Crippen molar-refractivity contribution in [2.75, 3.05) is 26.2 Å². The first-order chi connectivity index (χ1) is 7.31. The minimum Gasteiger partial charge on any atom is -0.375 e. The lowest BCUT2D eigenvalue weighted by molar-refractivity contribution is -0.136. The fourth-order valence-electron chi connectivity index (χ4n) is 2.10. The smallest absolute Gasteiger partial charge is 0.225 e. The molecule has 2 aliphatic rings. The summed E-state index contributed by atoms with van der Waals surface area (Å²) < 4.78 is 5.59. The van der Waals surface area contributed by atoms with Crippen molar-refractivity contribution in [3.05, 3.63) is 0 Å². The van der Waals surface area contributed by atoms with Crippen LogP contribution in [0.5, 0.6) is 0 Å². The van der Waals surface area contributed by atoms with Gasteiger partial charge in [-0.15, -0.1) is 0 Å². The van der Waals surface area contributed by atoms with E-state index < -0.39 is 0 Å². The maximum absolute atomic E-state index is 11.8. The topological polar surface area (TPSA) is 55.6 Å². The highest BCUT2D eigenvalue weighted by molar-refractivity contribution is 5.81. The molecule has 1 saturated carbocycles. The normalized spacial score (nSPS) is 26.7. The number of likely N-dealkylation sites (tertiary alicyclic amines) is 1. The molecule has 1 unspecified atom stereocenters. The molecule has 1 heterocycles. The molecule has 2 rings (SSSR count). The second-order valence-corrected chi connectivity index (χ2v) is 4.48. The molecule has 1 saturated heterocycles. The molecule has 0 bridgehead atoms. The largest absolute Gasteiger partial charge is 0.375 e. The summed E-state index contributed by atoms with van der Waals surface area (Å²) in [6, 6.07) is 0. The van der Waals surface area contributed by atoms with E-state index in [2.05, 4.69) is 0 Å². The van der Waals surface area contributed by atoms with Gasteiger partial charge in [-0.2, -0.15) is 0 Å². The van der Waals surface area contributed by atoms with Gasteiger partial charge in [-0.1, -0.05) is 0 Å². The van der Waals surface area contributed by atoms with Gasteiger partial charge in [0.15, 0.2) is 0 Å². The second kappa shape index (κ2) is 4.94. The van der Waals surface area contributed by atoms with Crippen LogP contribution in [0.15, 0.2) is 0 Å². The molecule has 2 N–H and O–H groups in total. The number of carbonyl (C=O) groups excluding carboxylic acids is 1. The van der Waals surface area contributed by atoms with Crippen LogP contribution in [0.25, 0.3) is 0 Å². The summed E-state index contributed by atoms with van der Waals surface area (Å²) in [7, 11) is 0. The van der Waals surface area contributed by atoms with E-state index in [-0.39, 0.29) is 6.10 Å². The van der Waals surface area contributed by atoms with Gasteiger partial charge in [0, 0.05) is 25.6 Å². The Bertz CT molecular complexity index is 229. The van der Waals surface area contributed by atoms with Crippen LogP contribution < -0.4 is 5.73 Å². The maximum Gasteiger partial charge on any atom is 0.225 e. The predicted octanol–water partition coefficient (Wildman–Crippen LogP) is 0.363. The summed E-state index contributed by atoms with van der Waals surface area (Å²) >= 11 is 0.